The fourth-order valence-corrected chi connectivity index (χ4v) is 4.02. The number of carbonyl (C=O) groups excluding carboxylic acids is 2. The number of hydrogen-bond donors (Lipinski definition) is 1. The summed E-state index contributed by atoms with van der Waals surface area (Å²) in [6, 6.07) is 17.3. The van der Waals surface area contributed by atoms with E-state index in [0.717, 1.165) is 11.1 Å². The van der Waals surface area contributed by atoms with Gasteiger partial charge in [0.2, 0.25) is 0 Å². The van der Waals surface area contributed by atoms with Gasteiger partial charge in [-0.15, -0.1) is 11.3 Å². The molecular weight excluding hydrogens is 410 g/mol. The first kappa shape index (κ1) is 22.6. The van der Waals surface area contributed by atoms with Crippen LogP contribution in [0.1, 0.15) is 43.6 Å². The molecule has 0 bridgehead atoms. The predicted octanol–water partition coefficient (Wildman–Crippen LogP) is 5.91. The number of anilines is 1. The Morgan fingerprint density at radius 2 is 1.68 bits per heavy atom. The lowest BCUT2D eigenvalue weighted by Gasteiger charge is -2.19. The predicted molar refractivity (Wildman–Crippen MR) is 125 cm³/mol. The van der Waals surface area contributed by atoms with E-state index in [1.807, 2.05) is 60.0 Å². The highest BCUT2D eigenvalue weighted by Gasteiger charge is 2.23. The lowest BCUT2D eigenvalue weighted by molar-refractivity contribution is -0.118. The van der Waals surface area contributed by atoms with Crippen LogP contribution in [0.4, 0.5) is 5.00 Å². The highest BCUT2D eigenvalue weighted by molar-refractivity contribution is 7.15. The van der Waals surface area contributed by atoms with Gasteiger partial charge in [0, 0.05) is 10.9 Å². The number of esters is 1. The molecule has 1 heterocycles. The van der Waals surface area contributed by atoms with Crippen molar-refractivity contribution in [2.75, 3.05) is 18.5 Å². The highest BCUT2D eigenvalue weighted by atomic mass is 32.1. The topological polar surface area (TPSA) is 64.6 Å². The zero-order chi connectivity index (χ0) is 22.4. The summed E-state index contributed by atoms with van der Waals surface area (Å²) >= 11 is 1.29. The molecule has 3 rings (SSSR count). The molecule has 0 saturated heterocycles. The van der Waals surface area contributed by atoms with Crippen LogP contribution in [0.15, 0.2) is 60.0 Å². The van der Waals surface area contributed by atoms with E-state index < -0.39 is 5.97 Å². The molecule has 0 aliphatic heterocycles. The van der Waals surface area contributed by atoms with Gasteiger partial charge in [0.05, 0.1) is 6.61 Å². The zero-order valence-corrected chi connectivity index (χ0v) is 19.0. The summed E-state index contributed by atoms with van der Waals surface area (Å²) in [5.74, 6) is -0.187. The Morgan fingerprint density at radius 3 is 2.29 bits per heavy atom. The molecule has 0 atom stereocenters. The van der Waals surface area contributed by atoms with Gasteiger partial charge in [-0.3, -0.25) is 4.79 Å². The number of benzene rings is 2. The third kappa shape index (κ3) is 5.73. The van der Waals surface area contributed by atoms with Gasteiger partial charge in [-0.05, 0) is 35.6 Å². The second-order valence-electron chi connectivity index (χ2n) is 8.05. The molecule has 1 aromatic heterocycles. The maximum absolute atomic E-state index is 12.6. The molecule has 0 unspecified atom stereocenters. The van der Waals surface area contributed by atoms with Crippen LogP contribution in [0.2, 0.25) is 0 Å². The van der Waals surface area contributed by atoms with Crippen molar-refractivity contribution in [2.24, 2.45) is 0 Å². The SMILES string of the molecule is CCOC(=O)c1c(-c2ccccc2)csc1NC(=O)COc1ccc(C(C)(C)C)cc1. The molecule has 6 heteroatoms. The average Bonchev–Trinajstić information content (AvgIpc) is 3.16. The maximum Gasteiger partial charge on any atom is 0.341 e. The van der Waals surface area contributed by atoms with Gasteiger partial charge in [-0.25, -0.2) is 4.79 Å². The van der Waals surface area contributed by atoms with Crippen molar-refractivity contribution in [1.82, 2.24) is 0 Å². The third-order valence-electron chi connectivity index (χ3n) is 4.70. The molecular formula is C25H27NO4S. The first-order valence-electron chi connectivity index (χ1n) is 10.2. The number of ether oxygens (including phenoxy) is 2. The monoisotopic (exact) mass is 437 g/mol. The van der Waals surface area contributed by atoms with E-state index in [1.54, 1.807) is 6.92 Å². The van der Waals surface area contributed by atoms with Crippen molar-refractivity contribution in [1.29, 1.82) is 0 Å². The van der Waals surface area contributed by atoms with Gasteiger partial charge >= 0.3 is 5.97 Å². The Balaban J connectivity index is 1.72. The van der Waals surface area contributed by atoms with Crippen LogP contribution in [0.3, 0.4) is 0 Å². The van der Waals surface area contributed by atoms with E-state index in [0.29, 0.717) is 16.3 Å². The van der Waals surface area contributed by atoms with Crippen LogP contribution >= 0.6 is 11.3 Å². The van der Waals surface area contributed by atoms with Crippen molar-refractivity contribution in [3.63, 3.8) is 0 Å². The van der Waals surface area contributed by atoms with Gasteiger partial charge in [0.15, 0.2) is 6.61 Å². The summed E-state index contributed by atoms with van der Waals surface area (Å²) in [6.45, 7) is 8.27. The number of rotatable bonds is 7. The van der Waals surface area contributed by atoms with Gasteiger partial charge in [-0.2, -0.15) is 0 Å². The summed E-state index contributed by atoms with van der Waals surface area (Å²) in [5.41, 5.74) is 3.22. The largest absolute Gasteiger partial charge is 0.484 e. The maximum atomic E-state index is 12.6. The quantitative estimate of drug-likeness (QED) is 0.467. The number of amides is 1. The summed E-state index contributed by atoms with van der Waals surface area (Å²) < 4.78 is 10.8. The standard InChI is InChI=1S/C25H27NO4S/c1-5-29-24(28)22-20(17-9-7-6-8-10-17)16-31-23(22)26-21(27)15-30-19-13-11-18(12-14-19)25(2,3)4/h6-14,16H,5,15H2,1-4H3,(H,26,27). The highest BCUT2D eigenvalue weighted by Crippen LogP contribution is 2.36. The van der Waals surface area contributed by atoms with Gasteiger partial charge in [0.1, 0.15) is 16.3 Å². The zero-order valence-electron chi connectivity index (χ0n) is 18.2. The Hall–Kier alpha value is -3.12. The van der Waals surface area contributed by atoms with Crippen molar-refractivity contribution >= 4 is 28.2 Å². The van der Waals surface area contributed by atoms with Crippen LogP contribution in [0.25, 0.3) is 11.1 Å². The summed E-state index contributed by atoms with van der Waals surface area (Å²) in [6.07, 6.45) is 0. The Labute approximate surface area is 187 Å². The molecule has 0 fully saturated rings. The first-order valence-corrected chi connectivity index (χ1v) is 11.0. The smallest absolute Gasteiger partial charge is 0.341 e. The Morgan fingerprint density at radius 1 is 1.00 bits per heavy atom. The van der Waals surface area contributed by atoms with E-state index in [1.165, 1.54) is 16.9 Å². The molecule has 0 saturated carbocycles. The van der Waals surface area contributed by atoms with Crippen molar-refractivity contribution in [3.8, 4) is 16.9 Å². The van der Waals surface area contributed by atoms with E-state index in [4.69, 9.17) is 9.47 Å². The minimum atomic E-state index is -0.461. The molecule has 5 nitrogen and oxygen atoms in total. The fourth-order valence-electron chi connectivity index (χ4n) is 3.05. The molecule has 0 spiro atoms. The molecule has 1 amide bonds. The normalized spacial score (nSPS) is 11.1. The lowest BCUT2D eigenvalue weighted by Crippen LogP contribution is -2.21. The lowest BCUT2D eigenvalue weighted by atomic mass is 9.87. The van der Waals surface area contributed by atoms with Gasteiger partial charge in [-0.1, -0.05) is 63.2 Å². The molecule has 0 radical (unpaired) electrons. The van der Waals surface area contributed by atoms with Crippen LogP contribution < -0.4 is 10.1 Å². The number of thiophene rings is 1. The van der Waals surface area contributed by atoms with E-state index >= 15 is 0 Å². The van der Waals surface area contributed by atoms with Gasteiger partial charge < -0.3 is 14.8 Å². The molecule has 162 valence electrons. The fraction of sp³-hybridized carbons (Fsp3) is 0.280. The van der Waals surface area contributed by atoms with Crippen LogP contribution in [-0.2, 0) is 14.9 Å². The van der Waals surface area contributed by atoms with E-state index in [-0.39, 0.29) is 24.5 Å². The van der Waals surface area contributed by atoms with Crippen molar-refractivity contribution in [2.45, 2.75) is 33.1 Å². The molecule has 0 aliphatic rings. The van der Waals surface area contributed by atoms with E-state index in [9.17, 15) is 9.59 Å². The van der Waals surface area contributed by atoms with Crippen LogP contribution in [0, 0.1) is 0 Å². The number of nitrogens with one attached hydrogen (secondary N) is 1. The van der Waals surface area contributed by atoms with Crippen LogP contribution in [-0.4, -0.2) is 25.1 Å². The summed E-state index contributed by atoms with van der Waals surface area (Å²) in [5, 5.41) is 5.10. The van der Waals surface area contributed by atoms with Crippen LogP contribution in [0.5, 0.6) is 5.75 Å². The summed E-state index contributed by atoms with van der Waals surface area (Å²) in [7, 11) is 0. The molecule has 1 N–H and O–H groups in total. The number of hydrogen-bond acceptors (Lipinski definition) is 5. The summed E-state index contributed by atoms with van der Waals surface area (Å²) in [4.78, 5) is 25.1. The second-order valence-corrected chi connectivity index (χ2v) is 8.93. The Bertz CT molecular complexity index is 1030. The third-order valence-corrected chi connectivity index (χ3v) is 5.59. The van der Waals surface area contributed by atoms with E-state index in [2.05, 4.69) is 26.1 Å². The molecule has 31 heavy (non-hydrogen) atoms. The first-order chi connectivity index (χ1) is 14.8. The molecule has 2 aromatic carbocycles. The van der Waals surface area contributed by atoms with Gasteiger partial charge in [0.25, 0.3) is 5.91 Å². The minimum absolute atomic E-state index is 0.0506. The molecule has 0 aliphatic carbocycles. The van der Waals surface area contributed by atoms with Crippen molar-refractivity contribution < 1.29 is 19.1 Å². The Kier molecular flexibility index (Phi) is 7.13. The minimum Gasteiger partial charge on any atom is -0.484 e. The van der Waals surface area contributed by atoms with Crippen molar-refractivity contribution in [3.05, 3.63) is 71.1 Å². The average molecular weight is 438 g/mol. The number of carbonyl (C=O) groups is 2. The second kappa shape index (κ2) is 9.79. The molecule has 3 aromatic rings.